The van der Waals surface area contributed by atoms with Crippen molar-refractivity contribution in [2.24, 2.45) is 0 Å². The molecule has 2 N–H and O–H groups in total. The maximum absolute atomic E-state index is 13.0. The Morgan fingerprint density at radius 1 is 1.28 bits per heavy atom. The van der Waals surface area contributed by atoms with Gasteiger partial charge in [0, 0.05) is 24.2 Å². The van der Waals surface area contributed by atoms with E-state index in [-0.39, 0.29) is 24.5 Å². The summed E-state index contributed by atoms with van der Waals surface area (Å²) < 4.78 is 52.5. The van der Waals surface area contributed by atoms with E-state index in [2.05, 4.69) is 4.74 Å². The summed E-state index contributed by atoms with van der Waals surface area (Å²) in [4.78, 5) is 27.4. The van der Waals surface area contributed by atoms with Gasteiger partial charge in [-0.1, -0.05) is 6.07 Å². The third kappa shape index (κ3) is 5.28. The number of alkyl halides is 3. The quantitative estimate of drug-likeness (QED) is 0.567. The molecule has 29 heavy (non-hydrogen) atoms. The molecule has 1 atom stereocenters. The second-order valence-electron chi connectivity index (χ2n) is 6.49. The number of ether oxygens (including phenoxy) is 3. The van der Waals surface area contributed by atoms with E-state index >= 15 is 0 Å². The Labute approximate surface area is 163 Å². The number of nitrogens with one attached hydrogen (secondary N) is 1. The van der Waals surface area contributed by atoms with Crippen LogP contribution in [0.5, 0.6) is 5.75 Å². The fourth-order valence-electron chi connectivity index (χ4n) is 3.10. The van der Waals surface area contributed by atoms with Gasteiger partial charge in [-0.05, 0) is 12.1 Å². The minimum atomic E-state index is -4.85. The number of halogens is 3. The lowest BCUT2D eigenvalue weighted by Gasteiger charge is -2.36. The normalized spacial score (nSPS) is 19.8. The second kappa shape index (κ2) is 8.84. The van der Waals surface area contributed by atoms with E-state index in [4.69, 9.17) is 14.7 Å². The predicted octanol–water partition coefficient (Wildman–Crippen LogP) is 1.36. The molecule has 1 fully saturated rings. The van der Waals surface area contributed by atoms with Crippen LogP contribution in [0, 0.1) is 0 Å². The lowest BCUT2D eigenvalue weighted by atomic mass is 10.1. The van der Waals surface area contributed by atoms with Crippen LogP contribution < -0.4 is 10.2 Å². The van der Waals surface area contributed by atoms with Crippen LogP contribution >= 0.6 is 0 Å². The van der Waals surface area contributed by atoms with E-state index in [1.807, 2.05) is 0 Å². The highest BCUT2D eigenvalue weighted by Crippen LogP contribution is 2.28. The highest BCUT2D eigenvalue weighted by atomic mass is 19.4. The van der Waals surface area contributed by atoms with E-state index in [9.17, 15) is 22.8 Å². The number of carbonyl (C=O) groups excluding carboxylic acids is 2. The Balaban J connectivity index is 1.85. The predicted molar refractivity (Wildman–Crippen MR) is 90.3 cm³/mol. The van der Waals surface area contributed by atoms with E-state index < -0.39 is 30.9 Å². The van der Waals surface area contributed by atoms with Gasteiger partial charge in [0.05, 0.1) is 32.4 Å². The van der Waals surface area contributed by atoms with Gasteiger partial charge in [0.2, 0.25) is 0 Å². The zero-order valence-corrected chi connectivity index (χ0v) is 15.3. The van der Waals surface area contributed by atoms with Gasteiger partial charge in [-0.25, -0.2) is 10.3 Å². The van der Waals surface area contributed by atoms with Crippen LogP contribution in [-0.4, -0.2) is 78.9 Å². The number of morpholine rings is 1. The number of fused-ring (bicyclic) bond motifs is 1. The van der Waals surface area contributed by atoms with Crippen molar-refractivity contribution in [1.29, 1.82) is 0 Å². The molecule has 0 radical (unpaired) electrons. The number of benzene rings is 1. The number of carbonyl (C=O) groups is 2. The van der Waals surface area contributed by atoms with Crippen LogP contribution in [0.3, 0.4) is 0 Å². The van der Waals surface area contributed by atoms with Gasteiger partial charge in [0.15, 0.2) is 0 Å². The first kappa shape index (κ1) is 21.1. The molecule has 0 unspecified atom stereocenters. The van der Waals surface area contributed by atoms with Gasteiger partial charge in [-0.15, -0.1) is 13.2 Å². The summed E-state index contributed by atoms with van der Waals surface area (Å²) in [5.74, 6) is -0.528. The van der Waals surface area contributed by atoms with Gasteiger partial charge in [-0.2, -0.15) is 0 Å². The lowest BCUT2D eigenvalue weighted by Crippen LogP contribution is -2.53. The van der Waals surface area contributed by atoms with Crippen molar-refractivity contribution in [3.05, 3.63) is 29.3 Å². The fraction of sp³-hybridized carbons (Fsp3) is 0.529. The van der Waals surface area contributed by atoms with Crippen LogP contribution in [0.4, 0.5) is 18.0 Å². The number of rotatable bonds is 3. The Bertz CT molecular complexity index is 754. The molecule has 1 saturated heterocycles. The second-order valence-corrected chi connectivity index (χ2v) is 6.49. The largest absolute Gasteiger partial charge is 0.522 e. The van der Waals surface area contributed by atoms with Crippen molar-refractivity contribution in [3.8, 4) is 5.75 Å². The smallest absolute Gasteiger partial charge is 0.491 e. The Kier molecular flexibility index (Phi) is 6.45. The number of urea groups is 1. The molecule has 0 aliphatic carbocycles. The maximum Gasteiger partial charge on any atom is 0.522 e. The van der Waals surface area contributed by atoms with Crippen LogP contribution in [0.1, 0.15) is 15.9 Å². The highest BCUT2D eigenvalue weighted by Gasteiger charge is 2.36. The average Bonchev–Trinajstić information content (AvgIpc) is 2.90. The molecule has 0 bridgehead atoms. The third-order valence-electron chi connectivity index (χ3n) is 4.61. The van der Waals surface area contributed by atoms with Gasteiger partial charge >= 0.3 is 12.4 Å². The Hall–Kier alpha value is -2.57. The van der Waals surface area contributed by atoms with Crippen molar-refractivity contribution >= 4 is 11.9 Å². The maximum atomic E-state index is 13.0. The molecule has 1 aromatic carbocycles. The molecule has 2 aliphatic rings. The Morgan fingerprint density at radius 3 is 2.66 bits per heavy atom. The topological polar surface area (TPSA) is 101 Å². The lowest BCUT2D eigenvalue weighted by molar-refractivity contribution is -0.328. The fourth-order valence-corrected chi connectivity index (χ4v) is 3.10. The summed E-state index contributed by atoms with van der Waals surface area (Å²) in [7, 11) is 0. The number of nitrogens with zero attached hydrogens (tertiary/aromatic N) is 2. The van der Waals surface area contributed by atoms with Gasteiger partial charge in [0.1, 0.15) is 12.4 Å². The van der Waals surface area contributed by atoms with Crippen LogP contribution in [0.15, 0.2) is 18.2 Å². The van der Waals surface area contributed by atoms with Gasteiger partial charge in [-0.3, -0.25) is 14.7 Å². The van der Waals surface area contributed by atoms with E-state index in [1.54, 1.807) is 0 Å². The summed E-state index contributed by atoms with van der Waals surface area (Å²) in [6.45, 7) is 0.252. The number of amides is 3. The summed E-state index contributed by atoms with van der Waals surface area (Å²) in [6.07, 6.45) is -4.85. The van der Waals surface area contributed by atoms with Gasteiger partial charge < -0.3 is 19.3 Å². The molecule has 2 aliphatic heterocycles. The molecule has 0 saturated carbocycles. The molecule has 12 heteroatoms. The molecule has 0 aromatic heterocycles. The van der Waals surface area contributed by atoms with Crippen LogP contribution in [-0.2, 0) is 16.0 Å². The van der Waals surface area contributed by atoms with Gasteiger partial charge in [0.25, 0.3) is 5.91 Å². The zero-order valence-electron chi connectivity index (χ0n) is 15.3. The molecule has 3 rings (SSSR count). The SMILES string of the molecule is O=C(NO)c1ccc2c(c1)OC[C@H](COC(F)(F)F)N(C(=O)N1CCOCC1)C2. The van der Waals surface area contributed by atoms with Crippen molar-refractivity contribution in [3.63, 3.8) is 0 Å². The number of hydrogen-bond donors (Lipinski definition) is 2. The zero-order chi connectivity index (χ0) is 21.0. The molecule has 0 spiro atoms. The first-order chi connectivity index (χ1) is 13.8. The van der Waals surface area contributed by atoms with E-state index in [0.29, 0.717) is 31.9 Å². The van der Waals surface area contributed by atoms with Crippen molar-refractivity contribution < 1.29 is 42.2 Å². The molecule has 1 aromatic rings. The van der Waals surface area contributed by atoms with Crippen LogP contribution in [0.25, 0.3) is 0 Å². The molecule has 3 amide bonds. The van der Waals surface area contributed by atoms with Crippen molar-refractivity contribution in [2.75, 3.05) is 39.5 Å². The number of hydrogen-bond acceptors (Lipinski definition) is 6. The first-order valence-electron chi connectivity index (χ1n) is 8.82. The summed E-state index contributed by atoms with van der Waals surface area (Å²) >= 11 is 0. The monoisotopic (exact) mass is 419 g/mol. The van der Waals surface area contributed by atoms with Crippen molar-refractivity contribution in [1.82, 2.24) is 15.3 Å². The minimum Gasteiger partial charge on any atom is -0.491 e. The molecule has 9 nitrogen and oxygen atoms in total. The molecular weight excluding hydrogens is 399 g/mol. The third-order valence-corrected chi connectivity index (χ3v) is 4.61. The van der Waals surface area contributed by atoms with E-state index in [0.717, 1.165) is 0 Å². The summed E-state index contributed by atoms with van der Waals surface area (Å²) in [5, 5.41) is 8.76. The highest BCUT2D eigenvalue weighted by molar-refractivity contribution is 5.93. The summed E-state index contributed by atoms with van der Waals surface area (Å²) in [5.41, 5.74) is 2.11. The number of hydroxylamine groups is 1. The minimum absolute atomic E-state index is 0.0293. The van der Waals surface area contributed by atoms with Crippen LogP contribution in [0.2, 0.25) is 0 Å². The van der Waals surface area contributed by atoms with Crippen molar-refractivity contribution in [2.45, 2.75) is 18.9 Å². The summed E-state index contributed by atoms with van der Waals surface area (Å²) in [6, 6.07) is 2.84. The van der Waals surface area contributed by atoms with E-state index in [1.165, 1.54) is 33.5 Å². The Morgan fingerprint density at radius 2 is 2.00 bits per heavy atom. The first-order valence-corrected chi connectivity index (χ1v) is 8.82. The molecule has 2 heterocycles. The average molecular weight is 419 g/mol. The standard InChI is InChI=1S/C17H20F3N3O6/c18-17(19,20)29-10-13-9-28-14-7-11(15(24)21-26)1-2-12(14)8-23(13)16(25)22-3-5-27-6-4-22/h1-2,7,13,26H,3-6,8-10H2,(H,21,24)/t13-/m1/s1. The molecular formula is C17H20F3N3O6. The molecule has 160 valence electrons.